The summed E-state index contributed by atoms with van der Waals surface area (Å²) in [4.78, 5) is 6.48. The Labute approximate surface area is 136 Å². The van der Waals surface area contributed by atoms with E-state index in [-0.39, 0.29) is 11.9 Å². The largest absolute Gasteiger partial charge is 0.379 e. The van der Waals surface area contributed by atoms with Gasteiger partial charge in [-0.05, 0) is 29.3 Å². The first-order chi connectivity index (χ1) is 11.3. The summed E-state index contributed by atoms with van der Waals surface area (Å²) in [7, 11) is 0. The van der Waals surface area contributed by atoms with E-state index in [9.17, 15) is 4.39 Å². The molecule has 0 spiro atoms. The maximum Gasteiger partial charge on any atom is 0.123 e. The van der Waals surface area contributed by atoms with E-state index in [1.165, 1.54) is 6.07 Å². The van der Waals surface area contributed by atoms with Crippen molar-refractivity contribution in [1.29, 1.82) is 0 Å². The number of hydrogen-bond donors (Lipinski definition) is 1. The van der Waals surface area contributed by atoms with Crippen molar-refractivity contribution < 1.29 is 9.13 Å². The first-order valence-corrected chi connectivity index (χ1v) is 8.00. The van der Waals surface area contributed by atoms with Crippen LogP contribution in [0, 0.1) is 5.82 Å². The van der Waals surface area contributed by atoms with Crippen molar-refractivity contribution in [2.75, 3.05) is 32.8 Å². The molecule has 1 fully saturated rings. The lowest BCUT2D eigenvalue weighted by Crippen LogP contribution is -2.42. The molecule has 5 heteroatoms. The number of hydrogen-bond acceptors (Lipinski definition) is 4. The summed E-state index contributed by atoms with van der Waals surface area (Å²) < 4.78 is 19.0. The zero-order valence-corrected chi connectivity index (χ0v) is 13.1. The molecule has 0 saturated carbocycles. The number of benzene rings is 1. The number of ether oxygens (including phenoxy) is 1. The third-order valence-corrected chi connectivity index (χ3v) is 4.11. The maximum absolute atomic E-state index is 13.6. The summed E-state index contributed by atoms with van der Waals surface area (Å²) in [6.07, 6.45) is 3.63. The third kappa shape index (κ3) is 4.58. The van der Waals surface area contributed by atoms with Gasteiger partial charge in [0.05, 0.1) is 13.2 Å². The average Bonchev–Trinajstić information content (AvgIpc) is 2.60. The number of nitrogens with one attached hydrogen (secondary N) is 1. The van der Waals surface area contributed by atoms with Crippen LogP contribution in [0.15, 0.2) is 48.8 Å². The van der Waals surface area contributed by atoms with Crippen LogP contribution in [-0.4, -0.2) is 42.7 Å². The van der Waals surface area contributed by atoms with Crippen molar-refractivity contribution in [2.45, 2.75) is 12.6 Å². The van der Waals surface area contributed by atoms with Gasteiger partial charge in [-0.15, -0.1) is 0 Å². The minimum absolute atomic E-state index is 0.145. The smallest absolute Gasteiger partial charge is 0.123 e. The summed E-state index contributed by atoms with van der Waals surface area (Å²) in [5.74, 6) is -0.187. The molecule has 0 amide bonds. The third-order valence-electron chi connectivity index (χ3n) is 4.11. The Morgan fingerprint density at radius 1 is 1.22 bits per heavy atom. The van der Waals surface area contributed by atoms with Gasteiger partial charge in [-0.25, -0.2) is 4.39 Å². The topological polar surface area (TPSA) is 37.4 Å². The van der Waals surface area contributed by atoms with Crippen LogP contribution in [0.3, 0.4) is 0 Å². The molecule has 2 aromatic rings. The van der Waals surface area contributed by atoms with Gasteiger partial charge in [0, 0.05) is 44.6 Å². The predicted molar refractivity (Wildman–Crippen MR) is 87.5 cm³/mol. The molecule has 1 aromatic carbocycles. The van der Waals surface area contributed by atoms with Gasteiger partial charge in [0.15, 0.2) is 0 Å². The van der Waals surface area contributed by atoms with Gasteiger partial charge in [0.2, 0.25) is 0 Å². The fraction of sp³-hybridized carbons (Fsp3) is 0.389. The fourth-order valence-electron chi connectivity index (χ4n) is 2.92. The molecular formula is C18H22FN3O. The van der Waals surface area contributed by atoms with Gasteiger partial charge >= 0.3 is 0 Å². The van der Waals surface area contributed by atoms with Gasteiger partial charge in [-0.2, -0.15) is 0 Å². The molecule has 1 saturated heterocycles. The van der Waals surface area contributed by atoms with Crippen molar-refractivity contribution in [3.63, 3.8) is 0 Å². The lowest BCUT2D eigenvalue weighted by molar-refractivity contribution is 0.0160. The number of halogens is 1. The Kier molecular flexibility index (Phi) is 5.69. The highest BCUT2D eigenvalue weighted by Gasteiger charge is 2.22. The second-order valence-corrected chi connectivity index (χ2v) is 5.71. The van der Waals surface area contributed by atoms with Crippen molar-refractivity contribution in [3.8, 4) is 0 Å². The number of morpholine rings is 1. The molecule has 23 heavy (non-hydrogen) atoms. The van der Waals surface area contributed by atoms with Crippen molar-refractivity contribution in [3.05, 3.63) is 65.7 Å². The van der Waals surface area contributed by atoms with E-state index >= 15 is 0 Å². The highest BCUT2D eigenvalue weighted by Crippen LogP contribution is 2.22. The summed E-state index contributed by atoms with van der Waals surface area (Å²) in [6, 6.07) is 11.0. The maximum atomic E-state index is 13.6. The van der Waals surface area contributed by atoms with Crippen LogP contribution < -0.4 is 5.32 Å². The molecule has 2 heterocycles. The zero-order valence-electron chi connectivity index (χ0n) is 13.1. The van der Waals surface area contributed by atoms with Crippen LogP contribution in [-0.2, 0) is 11.3 Å². The van der Waals surface area contributed by atoms with Crippen LogP contribution in [0.4, 0.5) is 4.39 Å². The summed E-state index contributed by atoms with van der Waals surface area (Å²) in [5, 5.41) is 3.47. The summed E-state index contributed by atoms with van der Waals surface area (Å²) in [6.45, 7) is 4.72. The van der Waals surface area contributed by atoms with E-state index in [0.29, 0.717) is 0 Å². The van der Waals surface area contributed by atoms with E-state index < -0.39 is 0 Å². The Morgan fingerprint density at radius 2 is 2.09 bits per heavy atom. The lowest BCUT2D eigenvalue weighted by Gasteiger charge is -2.35. The van der Waals surface area contributed by atoms with Crippen LogP contribution in [0.25, 0.3) is 0 Å². The Balaban J connectivity index is 1.67. The van der Waals surface area contributed by atoms with Crippen molar-refractivity contribution >= 4 is 0 Å². The fourth-order valence-corrected chi connectivity index (χ4v) is 2.92. The monoisotopic (exact) mass is 315 g/mol. The molecule has 1 aliphatic rings. The number of pyridine rings is 1. The molecule has 0 aliphatic carbocycles. The molecule has 0 bridgehead atoms. The van der Waals surface area contributed by atoms with Crippen LogP contribution in [0.2, 0.25) is 0 Å². The van der Waals surface area contributed by atoms with Crippen LogP contribution >= 0.6 is 0 Å². The molecule has 1 unspecified atom stereocenters. The van der Waals surface area contributed by atoms with Gasteiger partial charge in [0.1, 0.15) is 5.82 Å². The first-order valence-electron chi connectivity index (χ1n) is 8.00. The molecule has 122 valence electrons. The molecule has 1 aliphatic heterocycles. The molecular weight excluding hydrogens is 293 g/mol. The highest BCUT2D eigenvalue weighted by atomic mass is 19.1. The Morgan fingerprint density at radius 3 is 2.83 bits per heavy atom. The minimum atomic E-state index is -0.187. The van der Waals surface area contributed by atoms with Crippen LogP contribution in [0.5, 0.6) is 0 Å². The number of aromatic nitrogens is 1. The summed E-state index contributed by atoms with van der Waals surface area (Å²) in [5.41, 5.74) is 2.15. The number of nitrogens with zero attached hydrogens (tertiary/aromatic N) is 2. The van der Waals surface area contributed by atoms with Crippen LogP contribution in [0.1, 0.15) is 17.2 Å². The quantitative estimate of drug-likeness (QED) is 0.888. The molecule has 1 atom stereocenters. The van der Waals surface area contributed by atoms with Crippen molar-refractivity contribution in [2.24, 2.45) is 0 Å². The molecule has 1 N–H and O–H groups in total. The highest BCUT2D eigenvalue weighted by molar-refractivity contribution is 5.21. The van der Waals surface area contributed by atoms with E-state index in [4.69, 9.17) is 4.74 Å². The normalized spacial score (nSPS) is 17.1. The van der Waals surface area contributed by atoms with E-state index in [1.807, 2.05) is 24.4 Å². The molecule has 1 aromatic heterocycles. The standard InChI is InChI=1S/C18H22FN3O/c19-17-5-1-4-16(11-17)18(22-7-9-23-10-8-22)14-21-13-15-3-2-6-20-12-15/h1-6,11-12,18,21H,7-10,13-14H2. The van der Waals surface area contributed by atoms with Gasteiger partial charge in [-0.1, -0.05) is 18.2 Å². The predicted octanol–water partition coefficient (Wildman–Crippen LogP) is 2.38. The molecule has 3 rings (SSSR count). The van der Waals surface area contributed by atoms with Gasteiger partial charge in [0.25, 0.3) is 0 Å². The van der Waals surface area contributed by atoms with E-state index in [2.05, 4.69) is 15.2 Å². The second kappa shape index (κ2) is 8.15. The Bertz CT molecular complexity index is 602. The zero-order chi connectivity index (χ0) is 15.9. The van der Waals surface area contributed by atoms with Crippen molar-refractivity contribution in [1.82, 2.24) is 15.2 Å². The average molecular weight is 315 g/mol. The van der Waals surface area contributed by atoms with Gasteiger partial charge in [-0.3, -0.25) is 9.88 Å². The SMILES string of the molecule is Fc1cccc(C(CNCc2cccnc2)N2CCOCC2)c1. The minimum Gasteiger partial charge on any atom is -0.379 e. The number of rotatable bonds is 6. The summed E-state index contributed by atoms with van der Waals surface area (Å²) >= 11 is 0. The van der Waals surface area contributed by atoms with E-state index in [1.54, 1.807) is 18.3 Å². The van der Waals surface area contributed by atoms with Gasteiger partial charge < -0.3 is 10.1 Å². The Hall–Kier alpha value is -1.82. The molecule has 4 nitrogen and oxygen atoms in total. The second-order valence-electron chi connectivity index (χ2n) is 5.71. The lowest BCUT2D eigenvalue weighted by atomic mass is 10.0. The first kappa shape index (κ1) is 16.1. The van der Waals surface area contributed by atoms with E-state index in [0.717, 1.165) is 50.5 Å². The molecule has 0 radical (unpaired) electrons.